The Kier molecular flexibility index (Phi) is 6.66. The molecule has 2 unspecified atom stereocenters. The number of esters is 1. The van der Waals surface area contributed by atoms with Gasteiger partial charge in [-0.2, -0.15) is 0 Å². The predicted molar refractivity (Wildman–Crippen MR) is 115 cm³/mol. The first-order chi connectivity index (χ1) is 15.8. The van der Waals surface area contributed by atoms with Crippen molar-refractivity contribution in [2.75, 3.05) is 13.2 Å². The van der Waals surface area contributed by atoms with Crippen LogP contribution in [0.15, 0.2) is 52.2 Å². The smallest absolute Gasteiger partial charge is 0.466 e. The minimum atomic E-state index is -4.08. The molecule has 0 fully saturated rings. The molecular formula is C21H23N2O9P. The largest absolute Gasteiger partial charge is 0.530 e. The maximum Gasteiger partial charge on any atom is 0.530 e. The van der Waals surface area contributed by atoms with Gasteiger partial charge in [-0.05, 0) is 26.0 Å². The van der Waals surface area contributed by atoms with Crippen LogP contribution in [-0.2, 0) is 27.9 Å². The van der Waals surface area contributed by atoms with Crippen molar-refractivity contribution in [2.45, 2.75) is 38.7 Å². The summed E-state index contributed by atoms with van der Waals surface area (Å²) < 4.78 is 41.7. The summed E-state index contributed by atoms with van der Waals surface area (Å²) in [5.74, 6) is -0.213. The van der Waals surface area contributed by atoms with Crippen molar-refractivity contribution in [1.29, 1.82) is 0 Å². The summed E-state index contributed by atoms with van der Waals surface area (Å²) in [5.41, 5.74) is -0.177. The highest BCUT2D eigenvalue weighted by molar-refractivity contribution is 7.49. The zero-order valence-electron chi connectivity index (χ0n) is 18.0. The third-order valence-electron chi connectivity index (χ3n) is 5.01. The van der Waals surface area contributed by atoms with Crippen LogP contribution in [0.1, 0.15) is 36.8 Å². The quantitative estimate of drug-likeness (QED) is 0.362. The molecule has 11 nitrogen and oxygen atoms in total. The highest BCUT2D eigenvalue weighted by atomic mass is 31.2. The van der Waals surface area contributed by atoms with E-state index in [1.807, 2.05) is 0 Å². The van der Waals surface area contributed by atoms with Gasteiger partial charge in [0.2, 0.25) is 0 Å². The SMILES string of the molecule is CCOC(=O)CC1OP(=O)(OC[C@@H]2C=C[C@H](n3cc(C)c(=O)[nH]c3=O)O2)Oc2ccccc21. The van der Waals surface area contributed by atoms with Gasteiger partial charge in [-0.3, -0.25) is 28.2 Å². The summed E-state index contributed by atoms with van der Waals surface area (Å²) >= 11 is 0. The first kappa shape index (κ1) is 23.2. The highest BCUT2D eigenvalue weighted by Gasteiger charge is 2.41. The Bertz CT molecular complexity index is 1230. The Labute approximate surface area is 188 Å². The summed E-state index contributed by atoms with van der Waals surface area (Å²) in [5, 5.41) is 0. The standard InChI is InChI=1S/C21H23N2O9P/c1-3-28-19(24)10-17-15-6-4-5-7-16(15)31-33(27,32-17)29-12-14-8-9-18(30-14)23-11-13(2)20(25)22-21(23)26/h4-9,11,14,17-18H,3,10,12H2,1-2H3,(H,22,25,26)/t14-,17?,18+,33?/m0/s1. The van der Waals surface area contributed by atoms with Crippen molar-refractivity contribution >= 4 is 13.8 Å². The Hall–Kier alpha value is -2.98. The second-order valence-corrected chi connectivity index (χ2v) is 8.95. The molecule has 0 bridgehead atoms. The van der Waals surface area contributed by atoms with E-state index in [2.05, 4.69) is 4.98 Å². The number of nitrogens with zero attached hydrogens (tertiary/aromatic N) is 1. The number of carbonyl (C=O) groups excluding carboxylic acids is 1. The molecule has 0 saturated carbocycles. The van der Waals surface area contributed by atoms with E-state index in [4.69, 9.17) is 23.0 Å². The van der Waals surface area contributed by atoms with Crippen molar-refractivity contribution < 1.29 is 32.4 Å². The molecule has 176 valence electrons. The zero-order valence-corrected chi connectivity index (χ0v) is 18.9. The van der Waals surface area contributed by atoms with E-state index in [0.717, 1.165) is 0 Å². The van der Waals surface area contributed by atoms with Crippen molar-refractivity contribution in [2.24, 2.45) is 0 Å². The lowest BCUT2D eigenvalue weighted by molar-refractivity contribution is -0.145. The van der Waals surface area contributed by atoms with Crippen molar-refractivity contribution in [1.82, 2.24) is 9.55 Å². The molecule has 0 amide bonds. The average Bonchev–Trinajstić information content (AvgIpc) is 3.24. The van der Waals surface area contributed by atoms with E-state index >= 15 is 0 Å². The second-order valence-electron chi connectivity index (χ2n) is 7.40. The van der Waals surface area contributed by atoms with E-state index < -0.39 is 43.5 Å². The predicted octanol–water partition coefficient (Wildman–Crippen LogP) is 2.53. The number of aromatic nitrogens is 2. The molecule has 2 aromatic rings. The molecular weight excluding hydrogens is 455 g/mol. The molecule has 33 heavy (non-hydrogen) atoms. The molecule has 2 aliphatic heterocycles. The molecule has 0 saturated heterocycles. The maximum atomic E-state index is 13.2. The van der Waals surface area contributed by atoms with Crippen LogP contribution >= 0.6 is 7.82 Å². The van der Waals surface area contributed by atoms with Crippen molar-refractivity contribution in [3.63, 3.8) is 0 Å². The molecule has 0 spiro atoms. The third kappa shape index (κ3) is 5.17. The molecule has 2 aliphatic rings. The Morgan fingerprint density at radius 3 is 2.82 bits per heavy atom. The monoisotopic (exact) mass is 478 g/mol. The number of hydrogen-bond donors (Lipinski definition) is 1. The van der Waals surface area contributed by atoms with Crippen LogP contribution in [0.25, 0.3) is 0 Å². The molecule has 0 radical (unpaired) electrons. The van der Waals surface area contributed by atoms with E-state index in [-0.39, 0.29) is 25.4 Å². The van der Waals surface area contributed by atoms with E-state index in [0.29, 0.717) is 11.1 Å². The summed E-state index contributed by atoms with van der Waals surface area (Å²) in [6.07, 6.45) is 2.20. The fourth-order valence-electron chi connectivity index (χ4n) is 3.44. The van der Waals surface area contributed by atoms with Crippen LogP contribution in [0.4, 0.5) is 0 Å². The fraction of sp³-hybridized carbons (Fsp3) is 0.381. The maximum absolute atomic E-state index is 13.2. The second kappa shape index (κ2) is 9.48. The Morgan fingerprint density at radius 1 is 1.24 bits per heavy atom. The number of para-hydroxylation sites is 1. The lowest BCUT2D eigenvalue weighted by Crippen LogP contribution is -2.33. The average molecular weight is 478 g/mol. The van der Waals surface area contributed by atoms with E-state index in [1.165, 1.54) is 10.8 Å². The van der Waals surface area contributed by atoms with E-state index in [1.54, 1.807) is 50.3 Å². The van der Waals surface area contributed by atoms with Gasteiger partial charge in [0.25, 0.3) is 5.56 Å². The number of carbonyl (C=O) groups is 1. The number of rotatable bonds is 7. The van der Waals surface area contributed by atoms with Crippen LogP contribution in [-0.4, -0.2) is 34.8 Å². The van der Waals surface area contributed by atoms with Gasteiger partial charge in [0.05, 0.1) is 19.6 Å². The molecule has 4 rings (SSSR count). The highest BCUT2D eigenvalue weighted by Crippen LogP contribution is 2.59. The molecule has 1 N–H and O–H groups in total. The van der Waals surface area contributed by atoms with Gasteiger partial charge >= 0.3 is 19.5 Å². The Balaban J connectivity index is 1.43. The molecule has 4 atom stereocenters. The number of aryl methyl sites for hydroxylation is 1. The van der Waals surface area contributed by atoms with Crippen LogP contribution in [0.3, 0.4) is 0 Å². The molecule has 1 aromatic carbocycles. The van der Waals surface area contributed by atoms with Gasteiger partial charge in [0.15, 0.2) is 6.23 Å². The normalized spacial score (nSPS) is 25.9. The minimum Gasteiger partial charge on any atom is -0.466 e. The summed E-state index contributed by atoms with van der Waals surface area (Å²) in [6, 6.07) is 6.77. The number of benzene rings is 1. The summed E-state index contributed by atoms with van der Waals surface area (Å²) in [7, 11) is -4.08. The number of phosphoric acid groups is 1. The number of nitrogens with one attached hydrogen (secondary N) is 1. The van der Waals surface area contributed by atoms with Gasteiger partial charge in [-0.15, -0.1) is 0 Å². The molecule has 3 heterocycles. The number of hydrogen-bond acceptors (Lipinski definition) is 9. The van der Waals surface area contributed by atoms with E-state index in [9.17, 15) is 18.9 Å². The van der Waals surface area contributed by atoms with Crippen LogP contribution < -0.4 is 15.8 Å². The number of ether oxygens (including phenoxy) is 2. The first-order valence-electron chi connectivity index (χ1n) is 10.3. The van der Waals surface area contributed by atoms with Gasteiger partial charge in [-0.25, -0.2) is 9.36 Å². The lowest BCUT2D eigenvalue weighted by Gasteiger charge is -2.30. The topological polar surface area (TPSA) is 135 Å². The first-order valence-corrected chi connectivity index (χ1v) is 11.8. The third-order valence-corrected chi connectivity index (χ3v) is 6.41. The lowest BCUT2D eigenvalue weighted by atomic mass is 10.1. The van der Waals surface area contributed by atoms with Gasteiger partial charge in [0.1, 0.15) is 18.0 Å². The molecule has 12 heteroatoms. The van der Waals surface area contributed by atoms with Crippen LogP contribution in [0, 0.1) is 6.92 Å². The minimum absolute atomic E-state index is 0.155. The zero-order chi connectivity index (χ0) is 23.6. The fourth-order valence-corrected chi connectivity index (χ4v) is 4.83. The van der Waals surface area contributed by atoms with Crippen LogP contribution in [0.2, 0.25) is 0 Å². The Morgan fingerprint density at radius 2 is 2.03 bits per heavy atom. The summed E-state index contributed by atoms with van der Waals surface area (Å²) in [4.78, 5) is 37.8. The van der Waals surface area contributed by atoms with Crippen LogP contribution in [0.5, 0.6) is 5.75 Å². The molecule has 0 aliphatic carbocycles. The van der Waals surface area contributed by atoms with Crippen molar-refractivity contribution in [3.05, 3.63) is 74.6 Å². The van der Waals surface area contributed by atoms with Crippen molar-refractivity contribution in [3.8, 4) is 5.75 Å². The summed E-state index contributed by atoms with van der Waals surface area (Å²) in [6.45, 7) is 3.27. The van der Waals surface area contributed by atoms with Gasteiger partial charge in [0, 0.05) is 17.3 Å². The van der Waals surface area contributed by atoms with Gasteiger partial charge < -0.3 is 14.0 Å². The molecule has 1 aromatic heterocycles. The number of aromatic amines is 1. The number of phosphoric ester groups is 1. The number of H-pyrrole nitrogens is 1. The van der Waals surface area contributed by atoms with Gasteiger partial charge in [-0.1, -0.05) is 24.3 Å². The number of fused-ring (bicyclic) bond motifs is 1.